The van der Waals surface area contributed by atoms with Gasteiger partial charge in [0.25, 0.3) is 0 Å². The van der Waals surface area contributed by atoms with Crippen LogP contribution in [0.15, 0.2) is 6.20 Å². The summed E-state index contributed by atoms with van der Waals surface area (Å²) in [6.45, 7) is 4.21. The molecule has 1 aromatic rings. The summed E-state index contributed by atoms with van der Waals surface area (Å²) >= 11 is 0. The van der Waals surface area contributed by atoms with Gasteiger partial charge in [0.1, 0.15) is 5.82 Å². The van der Waals surface area contributed by atoms with E-state index in [1.54, 1.807) is 6.20 Å². The van der Waals surface area contributed by atoms with Gasteiger partial charge in [-0.05, 0) is 26.3 Å². The first-order chi connectivity index (χ1) is 7.66. The predicted octanol–water partition coefficient (Wildman–Crippen LogP) is 1.02. The van der Waals surface area contributed by atoms with Gasteiger partial charge < -0.3 is 11.5 Å². The molecular formula is C11H19N5. The monoisotopic (exact) mass is 221 g/mol. The van der Waals surface area contributed by atoms with Crippen LogP contribution in [0.2, 0.25) is 0 Å². The van der Waals surface area contributed by atoms with Crippen molar-refractivity contribution in [2.75, 3.05) is 18.0 Å². The zero-order chi connectivity index (χ0) is 11.5. The number of likely N-dealkylation sites (tertiary alicyclic amines) is 1. The molecule has 1 fully saturated rings. The minimum Gasteiger partial charge on any atom is -0.383 e. The van der Waals surface area contributed by atoms with Gasteiger partial charge in [0.05, 0.1) is 0 Å². The van der Waals surface area contributed by atoms with E-state index in [1.165, 1.54) is 19.3 Å². The summed E-state index contributed by atoms with van der Waals surface area (Å²) in [6, 6.07) is 0.616. The maximum absolute atomic E-state index is 5.83. The molecule has 0 saturated carbocycles. The Morgan fingerprint density at radius 2 is 2.25 bits per heavy atom. The van der Waals surface area contributed by atoms with Gasteiger partial charge in [0.15, 0.2) is 0 Å². The second-order valence-corrected chi connectivity index (χ2v) is 4.45. The molecule has 88 valence electrons. The van der Waals surface area contributed by atoms with Crippen LogP contribution in [0.4, 0.5) is 11.8 Å². The molecule has 1 atom stereocenters. The third kappa shape index (κ3) is 2.41. The number of hydrogen-bond acceptors (Lipinski definition) is 5. The lowest BCUT2D eigenvalue weighted by atomic mass is 10.0. The molecule has 16 heavy (non-hydrogen) atoms. The van der Waals surface area contributed by atoms with E-state index in [4.69, 9.17) is 11.5 Å². The Morgan fingerprint density at radius 1 is 1.44 bits per heavy atom. The van der Waals surface area contributed by atoms with E-state index in [-0.39, 0.29) is 5.95 Å². The number of anilines is 2. The van der Waals surface area contributed by atoms with Crippen LogP contribution < -0.4 is 11.5 Å². The molecule has 5 nitrogen and oxygen atoms in total. The number of aromatic nitrogens is 2. The van der Waals surface area contributed by atoms with Crippen molar-refractivity contribution < 1.29 is 0 Å². The summed E-state index contributed by atoms with van der Waals surface area (Å²) in [4.78, 5) is 10.4. The molecule has 4 N–H and O–H groups in total. The van der Waals surface area contributed by atoms with Gasteiger partial charge in [-0.25, -0.2) is 4.98 Å². The van der Waals surface area contributed by atoms with E-state index in [0.29, 0.717) is 11.9 Å². The smallest absolute Gasteiger partial charge is 0.221 e. The van der Waals surface area contributed by atoms with E-state index in [9.17, 15) is 0 Å². The Morgan fingerprint density at radius 3 is 2.94 bits per heavy atom. The van der Waals surface area contributed by atoms with Crippen LogP contribution >= 0.6 is 0 Å². The molecule has 1 saturated heterocycles. The van der Waals surface area contributed by atoms with Gasteiger partial charge in [0, 0.05) is 24.3 Å². The van der Waals surface area contributed by atoms with E-state index in [0.717, 1.165) is 18.7 Å². The fourth-order valence-corrected chi connectivity index (χ4v) is 2.17. The summed E-state index contributed by atoms with van der Waals surface area (Å²) < 4.78 is 0. The average Bonchev–Trinajstić information content (AvgIpc) is 2.25. The second-order valence-electron chi connectivity index (χ2n) is 4.45. The van der Waals surface area contributed by atoms with Crippen LogP contribution in [0.5, 0.6) is 0 Å². The van der Waals surface area contributed by atoms with Crippen molar-refractivity contribution in [1.82, 2.24) is 14.9 Å². The highest BCUT2D eigenvalue weighted by Crippen LogP contribution is 2.20. The lowest BCUT2D eigenvalue weighted by Crippen LogP contribution is -2.37. The second kappa shape index (κ2) is 4.65. The predicted molar refractivity (Wildman–Crippen MR) is 64.6 cm³/mol. The lowest BCUT2D eigenvalue weighted by Gasteiger charge is -2.33. The molecule has 0 aliphatic carbocycles. The SMILES string of the molecule is CC1CCCCN1Cc1cnc(N)nc1N. The standard InChI is InChI=1S/C11H19N5/c1-8-4-2-3-5-16(8)7-9-6-14-11(13)15-10(9)12/h6,8H,2-5,7H2,1H3,(H4,12,13,14,15). The average molecular weight is 221 g/mol. The van der Waals surface area contributed by atoms with Crippen LogP contribution in [0.1, 0.15) is 31.7 Å². The molecule has 0 aromatic carbocycles. The van der Waals surface area contributed by atoms with Crippen molar-refractivity contribution >= 4 is 11.8 Å². The largest absolute Gasteiger partial charge is 0.383 e. The molecule has 1 aliphatic heterocycles. The van der Waals surface area contributed by atoms with Crippen molar-refractivity contribution in [2.45, 2.75) is 38.8 Å². The normalized spacial score (nSPS) is 22.2. The fraction of sp³-hybridized carbons (Fsp3) is 0.636. The van der Waals surface area contributed by atoms with Crippen molar-refractivity contribution in [3.05, 3.63) is 11.8 Å². The fourth-order valence-electron chi connectivity index (χ4n) is 2.17. The van der Waals surface area contributed by atoms with Crippen molar-refractivity contribution in [3.63, 3.8) is 0 Å². The van der Waals surface area contributed by atoms with E-state index >= 15 is 0 Å². The van der Waals surface area contributed by atoms with Crippen LogP contribution in [-0.2, 0) is 6.54 Å². The first kappa shape index (κ1) is 11.1. The maximum Gasteiger partial charge on any atom is 0.221 e. The third-order valence-corrected chi connectivity index (χ3v) is 3.23. The molecule has 5 heteroatoms. The first-order valence-electron chi connectivity index (χ1n) is 5.77. The van der Waals surface area contributed by atoms with Gasteiger partial charge in [0.2, 0.25) is 5.95 Å². The Kier molecular flexibility index (Phi) is 3.24. The highest BCUT2D eigenvalue weighted by Gasteiger charge is 2.19. The minimum atomic E-state index is 0.243. The van der Waals surface area contributed by atoms with Crippen LogP contribution in [-0.4, -0.2) is 27.5 Å². The van der Waals surface area contributed by atoms with E-state index in [1.807, 2.05) is 0 Å². The molecular weight excluding hydrogens is 202 g/mol. The van der Waals surface area contributed by atoms with Gasteiger partial charge >= 0.3 is 0 Å². The highest BCUT2D eigenvalue weighted by atomic mass is 15.2. The Balaban J connectivity index is 2.07. The molecule has 0 bridgehead atoms. The van der Waals surface area contributed by atoms with E-state index < -0.39 is 0 Å². The maximum atomic E-state index is 5.83. The van der Waals surface area contributed by atoms with Crippen molar-refractivity contribution in [3.8, 4) is 0 Å². The van der Waals surface area contributed by atoms with Crippen LogP contribution in [0.25, 0.3) is 0 Å². The molecule has 1 aromatic heterocycles. The molecule has 1 unspecified atom stereocenters. The topological polar surface area (TPSA) is 81.1 Å². The first-order valence-corrected chi connectivity index (χ1v) is 5.77. The van der Waals surface area contributed by atoms with Crippen LogP contribution in [0, 0.1) is 0 Å². The third-order valence-electron chi connectivity index (χ3n) is 3.23. The molecule has 0 radical (unpaired) electrons. The molecule has 1 aliphatic rings. The number of piperidine rings is 1. The molecule has 0 amide bonds. The minimum absolute atomic E-state index is 0.243. The Labute approximate surface area is 95.9 Å². The number of nitrogens with zero attached hydrogens (tertiary/aromatic N) is 3. The van der Waals surface area contributed by atoms with Crippen molar-refractivity contribution in [1.29, 1.82) is 0 Å². The molecule has 0 spiro atoms. The van der Waals surface area contributed by atoms with Gasteiger partial charge in [-0.3, -0.25) is 4.90 Å². The zero-order valence-corrected chi connectivity index (χ0v) is 9.69. The Hall–Kier alpha value is -1.36. The van der Waals surface area contributed by atoms with Gasteiger partial charge in [-0.2, -0.15) is 4.98 Å². The van der Waals surface area contributed by atoms with Gasteiger partial charge in [-0.15, -0.1) is 0 Å². The van der Waals surface area contributed by atoms with Gasteiger partial charge in [-0.1, -0.05) is 6.42 Å². The number of hydrogen-bond donors (Lipinski definition) is 2. The van der Waals surface area contributed by atoms with Crippen LogP contribution in [0.3, 0.4) is 0 Å². The zero-order valence-electron chi connectivity index (χ0n) is 9.69. The summed E-state index contributed by atoms with van der Waals surface area (Å²) in [5.74, 6) is 0.748. The molecule has 2 heterocycles. The summed E-state index contributed by atoms with van der Waals surface area (Å²) in [7, 11) is 0. The van der Waals surface area contributed by atoms with Crippen molar-refractivity contribution in [2.24, 2.45) is 0 Å². The number of rotatable bonds is 2. The quantitative estimate of drug-likeness (QED) is 0.779. The molecule has 2 rings (SSSR count). The lowest BCUT2D eigenvalue weighted by molar-refractivity contribution is 0.152. The Bertz CT molecular complexity index is 365. The number of nitrogens with two attached hydrogens (primary N) is 2. The number of nitrogen functional groups attached to an aromatic ring is 2. The summed E-state index contributed by atoms with van der Waals surface area (Å²) in [6.07, 6.45) is 5.58. The summed E-state index contributed by atoms with van der Waals surface area (Å²) in [5, 5.41) is 0. The highest BCUT2D eigenvalue weighted by molar-refractivity contribution is 5.41. The summed E-state index contributed by atoms with van der Waals surface area (Å²) in [5.41, 5.74) is 12.3. The van der Waals surface area contributed by atoms with E-state index in [2.05, 4.69) is 21.8 Å².